The van der Waals surface area contributed by atoms with Crippen molar-refractivity contribution in [3.63, 3.8) is 0 Å². The zero-order chi connectivity index (χ0) is 15.3. The van der Waals surface area contributed by atoms with Crippen LogP contribution in [-0.2, 0) is 0 Å². The maximum Gasteiger partial charge on any atom is 0.265 e. The van der Waals surface area contributed by atoms with Crippen molar-refractivity contribution in [2.45, 2.75) is 65.5 Å². The summed E-state index contributed by atoms with van der Waals surface area (Å²) < 4.78 is 0. The minimum atomic E-state index is -0.134. The molecule has 1 heterocycles. The standard InChI is InChI=1S/C14H26N4OS/c1-6-7-8-9(2)16-12(19)10-11(15)17-13(20-10)18-14(3,4)5/h9H,6-8,15H2,1-5H3,(H,16,19)(H,17,18). The first-order chi connectivity index (χ1) is 9.23. The first-order valence-electron chi connectivity index (χ1n) is 7.08. The van der Waals surface area contributed by atoms with E-state index in [0.29, 0.717) is 15.8 Å². The van der Waals surface area contributed by atoms with Crippen LogP contribution in [0.15, 0.2) is 0 Å². The van der Waals surface area contributed by atoms with E-state index in [4.69, 9.17) is 5.73 Å². The summed E-state index contributed by atoms with van der Waals surface area (Å²) in [7, 11) is 0. The number of carbonyl (C=O) groups excluding carboxylic acids is 1. The van der Waals surface area contributed by atoms with E-state index in [9.17, 15) is 4.79 Å². The molecular weight excluding hydrogens is 272 g/mol. The average molecular weight is 298 g/mol. The number of hydrogen-bond acceptors (Lipinski definition) is 5. The van der Waals surface area contributed by atoms with Crippen LogP contribution >= 0.6 is 11.3 Å². The number of amides is 1. The van der Waals surface area contributed by atoms with Gasteiger partial charge >= 0.3 is 0 Å². The largest absolute Gasteiger partial charge is 0.382 e. The van der Waals surface area contributed by atoms with E-state index in [-0.39, 0.29) is 17.5 Å². The van der Waals surface area contributed by atoms with Crippen LogP contribution in [-0.4, -0.2) is 22.5 Å². The summed E-state index contributed by atoms with van der Waals surface area (Å²) in [5, 5.41) is 6.89. The molecule has 4 N–H and O–H groups in total. The van der Waals surface area contributed by atoms with Crippen LogP contribution in [0.2, 0.25) is 0 Å². The molecule has 1 unspecified atom stereocenters. The van der Waals surface area contributed by atoms with Gasteiger partial charge in [-0.1, -0.05) is 31.1 Å². The summed E-state index contributed by atoms with van der Waals surface area (Å²) >= 11 is 1.30. The molecule has 114 valence electrons. The number of nitrogen functional groups attached to an aromatic ring is 1. The Balaban J connectivity index is 2.69. The maximum atomic E-state index is 12.2. The minimum absolute atomic E-state index is 0.105. The highest BCUT2D eigenvalue weighted by Gasteiger charge is 2.20. The molecule has 1 rings (SSSR count). The molecule has 0 saturated carbocycles. The van der Waals surface area contributed by atoms with Crippen LogP contribution in [0.4, 0.5) is 10.9 Å². The van der Waals surface area contributed by atoms with Gasteiger partial charge in [-0.2, -0.15) is 0 Å². The third kappa shape index (κ3) is 5.36. The van der Waals surface area contributed by atoms with Gasteiger partial charge in [-0.05, 0) is 34.1 Å². The SMILES string of the molecule is CCCCC(C)NC(=O)c1sc(NC(C)(C)C)nc1N. The van der Waals surface area contributed by atoms with Crippen molar-refractivity contribution in [2.75, 3.05) is 11.1 Å². The molecule has 0 aromatic carbocycles. The third-order valence-corrected chi connectivity index (χ3v) is 3.70. The van der Waals surface area contributed by atoms with Gasteiger partial charge in [0.25, 0.3) is 5.91 Å². The van der Waals surface area contributed by atoms with Gasteiger partial charge in [0, 0.05) is 11.6 Å². The third-order valence-electron chi connectivity index (χ3n) is 2.71. The van der Waals surface area contributed by atoms with Crippen molar-refractivity contribution in [2.24, 2.45) is 0 Å². The summed E-state index contributed by atoms with van der Waals surface area (Å²) in [4.78, 5) is 16.9. The molecule has 0 aliphatic carbocycles. The number of thiazole rings is 1. The number of nitrogens with two attached hydrogens (primary N) is 1. The number of carbonyl (C=O) groups is 1. The van der Waals surface area contributed by atoms with Gasteiger partial charge in [-0.25, -0.2) is 4.98 Å². The second-order valence-corrected chi connectivity index (χ2v) is 7.12. The Labute approximate surface area is 125 Å². The van der Waals surface area contributed by atoms with Crippen LogP contribution in [0, 0.1) is 0 Å². The molecule has 0 aliphatic rings. The summed E-state index contributed by atoms with van der Waals surface area (Å²) in [5.41, 5.74) is 5.73. The van der Waals surface area contributed by atoms with Gasteiger partial charge in [0.1, 0.15) is 10.7 Å². The van der Waals surface area contributed by atoms with Crippen LogP contribution < -0.4 is 16.4 Å². The Morgan fingerprint density at radius 3 is 2.65 bits per heavy atom. The van der Waals surface area contributed by atoms with Gasteiger partial charge < -0.3 is 16.4 Å². The van der Waals surface area contributed by atoms with Crippen molar-refractivity contribution < 1.29 is 4.79 Å². The average Bonchev–Trinajstić information content (AvgIpc) is 2.65. The Kier molecular flexibility index (Phi) is 5.80. The monoisotopic (exact) mass is 298 g/mol. The molecule has 5 nitrogen and oxygen atoms in total. The fourth-order valence-electron chi connectivity index (χ4n) is 1.74. The molecule has 20 heavy (non-hydrogen) atoms. The van der Waals surface area contributed by atoms with Crippen molar-refractivity contribution in [3.8, 4) is 0 Å². The summed E-state index contributed by atoms with van der Waals surface area (Å²) in [6.45, 7) is 10.3. The molecule has 6 heteroatoms. The van der Waals surface area contributed by atoms with Crippen LogP contribution in [0.3, 0.4) is 0 Å². The van der Waals surface area contributed by atoms with Gasteiger partial charge in [0.15, 0.2) is 5.13 Å². The predicted molar refractivity (Wildman–Crippen MR) is 86.4 cm³/mol. The lowest BCUT2D eigenvalue weighted by molar-refractivity contribution is 0.0942. The predicted octanol–water partition coefficient (Wildman–Crippen LogP) is 3.24. The van der Waals surface area contributed by atoms with Gasteiger partial charge in [0.2, 0.25) is 0 Å². The van der Waals surface area contributed by atoms with Crippen LogP contribution in [0.25, 0.3) is 0 Å². The molecule has 0 spiro atoms. The molecule has 0 radical (unpaired) electrons. The minimum Gasteiger partial charge on any atom is -0.382 e. The zero-order valence-corrected chi connectivity index (χ0v) is 13.9. The number of nitrogens with zero attached hydrogens (tertiary/aromatic N) is 1. The van der Waals surface area contributed by atoms with E-state index in [2.05, 4.69) is 22.5 Å². The van der Waals surface area contributed by atoms with Crippen molar-refractivity contribution in [3.05, 3.63) is 4.88 Å². The quantitative estimate of drug-likeness (QED) is 0.753. The van der Waals surface area contributed by atoms with Gasteiger partial charge in [-0.15, -0.1) is 0 Å². The molecule has 1 atom stereocenters. The summed E-state index contributed by atoms with van der Waals surface area (Å²) in [6.07, 6.45) is 3.22. The number of rotatable bonds is 6. The first-order valence-corrected chi connectivity index (χ1v) is 7.90. The highest BCUT2D eigenvalue weighted by atomic mass is 32.1. The van der Waals surface area contributed by atoms with E-state index >= 15 is 0 Å². The number of anilines is 2. The topological polar surface area (TPSA) is 80.0 Å². The van der Waals surface area contributed by atoms with Crippen molar-refractivity contribution >= 4 is 28.2 Å². The second-order valence-electron chi connectivity index (χ2n) is 6.13. The molecule has 1 aromatic rings. The zero-order valence-electron chi connectivity index (χ0n) is 13.0. The number of aromatic nitrogens is 1. The first kappa shape index (κ1) is 16.8. The van der Waals surface area contributed by atoms with Crippen molar-refractivity contribution in [1.29, 1.82) is 0 Å². The highest BCUT2D eigenvalue weighted by Crippen LogP contribution is 2.27. The van der Waals surface area contributed by atoms with Crippen molar-refractivity contribution in [1.82, 2.24) is 10.3 Å². The van der Waals surface area contributed by atoms with E-state index in [1.54, 1.807) is 0 Å². The fourth-order valence-corrected chi connectivity index (χ4v) is 2.74. The van der Waals surface area contributed by atoms with E-state index < -0.39 is 0 Å². The molecule has 0 fully saturated rings. The normalized spacial score (nSPS) is 13.1. The van der Waals surface area contributed by atoms with Gasteiger partial charge in [-0.3, -0.25) is 4.79 Å². The summed E-state index contributed by atoms with van der Waals surface area (Å²) in [6, 6.07) is 0.156. The Hall–Kier alpha value is -1.30. The molecule has 0 saturated heterocycles. The smallest absolute Gasteiger partial charge is 0.265 e. The van der Waals surface area contributed by atoms with Gasteiger partial charge in [0.05, 0.1) is 0 Å². The second kappa shape index (κ2) is 6.92. The van der Waals surface area contributed by atoms with E-state index in [1.165, 1.54) is 11.3 Å². The van der Waals surface area contributed by atoms with Crippen LogP contribution in [0.5, 0.6) is 0 Å². The molecular formula is C14H26N4OS. The van der Waals surface area contributed by atoms with E-state index in [0.717, 1.165) is 19.3 Å². The Morgan fingerprint density at radius 2 is 2.10 bits per heavy atom. The van der Waals surface area contributed by atoms with Crippen LogP contribution in [0.1, 0.15) is 63.6 Å². The summed E-state index contributed by atoms with van der Waals surface area (Å²) in [5.74, 6) is 0.160. The van der Waals surface area contributed by atoms with E-state index in [1.807, 2.05) is 27.7 Å². The lowest BCUT2D eigenvalue weighted by Gasteiger charge is -2.19. The molecule has 1 amide bonds. The maximum absolute atomic E-state index is 12.2. The lowest BCUT2D eigenvalue weighted by atomic mass is 10.1. The Morgan fingerprint density at radius 1 is 1.45 bits per heavy atom. The molecule has 0 bridgehead atoms. The number of hydrogen-bond donors (Lipinski definition) is 3. The molecule has 0 aliphatic heterocycles. The lowest BCUT2D eigenvalue weighted by Crippen LogP contribution is -2.32. The number of nitrogens with one attached hydrogen (secondary N) is 2. The molecule has 1 aromatic heterocycles. The fraction of sp³-hybridized carbons (Fsp3) is 0.714. The highest BCUT2D eigenvalue weighted by molar-refractivity contribution is 7.18. The number of unbranched alkanes of at least 4 members (excludes halogenated alkanes) is 1. The Bertz CT molecular complexity index is 451.